The molecule has 1 amide bonds. The van der Waals surface area contributed by atoms with Crippen molar-refractivity contribution in [1.29, 1.82) is 0 Å². The van der Waals surface area contributed by atoms with Crippen molar-refractivity contribution in [1.82, 2.24) is 5.32 Å². The zero-order valence-electron chi connectivity index (χ0n) is 11.4. The third-order valence-corrected chi connectivity index (χ3v) is 3.62. The summed E-state index contributed by atoms with van der Waals surface area (Å²) >= 11 is 0. The Morgan fingerprint density at radius 1 is 1.39 bits per heavy atom. The molecule has 0 spiro atoms. The van der Waals surface area contributed by atoms with E-state index >= 15 is 0 Å². The third kappa shape index (κ3) is 3.03. The van der Waals surface area contributed by atoms with Gasteiger partial charge in [0.25, 0.3) is 5.91 Å². The van der Waals surface area contributed by atoms with E-state index < -0.39 is 0 Å². The minimum Gasteiger partial charge on any atom is -0.398 e. The van der Waals surface area contributed by atoms with E-state index in [1.54, 1.807) is 6.07 Å². The molecule has 1 aliphatic rings. The number of amides is 1. The van der Waals surface area contributed by atoms with Crippen LogP contribution in [0.3, 0.4) is 0 Å². The van der Waals surface area contributed by atoms with Gasteiger partial charge in [-0.25, -0.2) is 0 Å². The number of benzene rings is 1. The zero-order chi connectivity index (χ0) is 13.3. The van der Waals surface area contributed by atoms with Gasteiger partial charge >= 0.3 is 0 Å². The summed E-state index contributed by atoms with van der Waals surface area (Å²) in [7, 11) is 0. The molecule has 1 atom stereocenters. The number of hydrogen-bond acceptors (Lipinski definition) is 2. The number of carbonyl (C=O) groups is 1. The Hall–Kier alpha value is -1.51. The highest BCUT2D eigenvalue weighted by atomic mass is 16.1. The fraction of sp³-hybridized carbons (Fsp3) is 0.533. The van der Waals surface area contributed by atoms with Gasteiger partial charge in [0, 0.05) is 17.3 Å². The Morgan fingerprint density at radius 2 is 2.06 bits per heavy atom. The van der Waals surface area contributed by atoms with Gasteiger partial charge in [0.2, 0.25) is 0 Å². The second kappa shape index (κ2) is 5.01. The van der Waals surface area contributed by atoms with Crippen LogP contribution in [0.5, 0.6) is 0 Å². The predicted molar refractivity (Wildman–Crippen MR) is 74.6 cm³/mol. The summed E-state index contributed by atoms with van der Waals surface area (Å²) in [4.78, 5) is 12.2. The fourth-order valence-corrected chi connectivity index (χ4v) is 2.33. The van der Waals surface area contributed by atoms with Gasteiger partial charge in [-0.05, 0) is 50.3 Å². The van der Waals surface area contributed by atoms with Crippen molar-refractivity contribution in [2.24, 2.45) is 5.92 Å². The van der Waals surface area contributed by atoms with Gasteiger partial charge in [-0.3, -0.25) is 4.79 Å². The molecule has 0 radical (unpaired) electrons. The largest absolute Gasteiger partial charge is 0.398 e. The maximum Gasteiger partial charge on any atom is 0.251 e. The summed E-state index contributed by atoms with van der Waals surface area (Å²) < 4.78 is 0. The van der Waals surface area contributed by atoms with E-state index in [0.29, 0.717) is 11.3 Å². The molecule has 3 N–H and O–H groups in total. The minimum atomic E-state index is -0.00708. The lowest BCUT2D eigenvalue weighted by molar-refractivity contribution is 0.0937. The highest BCUT2D eigenvalue weighted by Gasteiger charge is 2.24. The average molecular weight is 246 g/mol. The Kier molecular flexibility index (Phi) is 3.60. The van der Waals surface area contributed by atoms with E-state index in [4.69, 9.17) is 5.73 Å². The van der Waals surface area contributed by atoms with Crippen LogP contribution in [0.25, 0.3) is 0 Å². The Morgan fingerprint density at radius 3 is 2.67 bits per heavy atom. The molecule has 0 saturated heterocycles. The molecule has 98 valence electrons. The number of hydrogen-bond donors (Lipinski definition) is 2. The molecule has 0 bridgehead atoms. The second-order valence-corrected chi connectivity index (χ2v) is 5.58. The molecule has 1 fully saturated rings. The quantitative estimate of drug-likeness (QED) is 0.803. The van der Waals surface area contributed by atoms with Crippen LogP contribution in [0.1, 0.15) is 47.7 Å². The standard InChI is InChI=1S/C15H22N2O/c1-9-6-10(2)14(16)8-13(9)15(18)17-11(3)7-12-4-5-12/h6,8,11-12H,4-5,7,16H2,1-3H3,(H,17,18). The van der Waals surface area contributed by atoms with Crippen LogP contribution in [-0.4, -0.2) is 11.9 Å². The molecule has 1 unspecified atom stereocenters. The lowest BCUT2D eigenvalue weighted by Gasteiger charge is -2.15. The summed E-state index contributed by atoms with van der Waals surface area (Å²) in [6, 6.07) is 3.99. The highest BCUT2D eigenvalue weighted by molar-refractivity contribution is 5.96. The molecule has 1 aromatic rings. The van der Waals surface area contributed by atoms with E-state index in [1.807, 2.05) is 19.9 Å². The van der Waals surface area contributed by atoms with Crippen molar-refractivity contribution in [2.75, 3.05) is 5.73 Å². The number of anilines is 1. The monoisotopic (exact) mass is 246 g/mol. The van der Waals surface area contributed by atoms with E-state index in [2.05, 4.69) is 12.2 Å². The number of carbonyl (C=O) groups excluding carboxylic acids is 1. The molecule has 1 aliphatic carbocycles. The molecular weight excluding hydrogens is 224 g/mol. The van der Waals surface area contributed by atoms with Crippen molar-refractivity contribution >= 4 is 11.6 Å². The van der Waals surface area contributed by atoms with Gasteiger partial charge in [0.05, 0.1) is 0 Å². The molecular formula is C15H22N2O. The second-order valence-electron chi connectivity index (χ2n) is 5.58. The van der Waals surface area contributed by atoms with Gasteiger partial charge in [-0.2, -0.15) is 0 Å². The lowest BCUT2D eigenvalue weighted by atomic mass is 10.0. The summed E-state index contributed by atoms with van der Waals surface area (Å²) in [6.45, 7) is 5.98. The van der Waals surface area contributed by atoms with E-state index in [0.717, 1.165) is 23.5 Å². The van der Waals surface area contributed by atoms with E-state index in [9.17, 15) is 4.79 Å². The first-order valence-electron chi connectivity index (χ1n) is 6.65. The average Bonchev–Trinajstić information content (AvgIpc) is 3.06. The Balaban J connectivity index is 2.05. The van der Waals surface area contributed by atoms with Crippen molar-refractivity contribution < 1.29 is 4.79 Å². The number of nitrogen functional groups attached to an aromatic ring is 1. The van der Waals surface area contributed by atoms with Crippen LogP contribution < -0.4 is 11.1 Å². The third-order valence-electron chi connectivity index (χ3n) is 3.62. The summed E-state index contributed by atoms with van der Waals surface area (Å²) in [5.74, 6) is 0.817. The Labute approximate surface area is 109 Å². The summed E-state index contributed by atoms with van der Waals surface area (Å²) in [5, 5.41) is 3.06. The maximum atomic E-state index is 12.2. The van der Waals surface area contributed by atoms with Crippen molar-refractivity contribution in [3.63, 3.8) is 0 Å². The SMILES string of the molecule is Cc1cc(C)c(C(=O)NC(C)CC2CC2)cc1N. The van der Waals surface area contributed by atoms with Crippen LogP contribution in [0, 0.1) is 19.8 Å². The molecule has 0 heterocycles. The number of nitrogens with two attached hydrogens (primary N) is 1. The highest BCUT2D eigenvalue weighted by Crippen LogP contribution is 2.33. The first-order valence-corrected chi connectivity index (χ1v) is 6.65. The smallest absolute Gasteiger partial charge is 0.251 e. The predicted octanol–water partition coefficient (Wildman–Crippen LogP) is 2.80. The van der Waals surface area contributed by atoms with Crippen molar-refractivity contribution in [2.45, 2.75) is 46.1 Å². The molecule has 0 aromatic heterocycles. The van der Waals surface area contributed by atoms with Gasteiger partial charge in [0.15, 0.2) is 0 Å². The fourth-order valence-electron chi connectivity index (χ4n) is 2.33. The summed E-state index contributed by atoms with van der Waals surface area (Å²) in [6.07, 6.45) is 3.72. The van der Waals surface area contributed by atoms with Crippen LogP contribution in [0.15, 0.2) is 12.1 Å². The summed E-state index contributed by atoms with van der Waals surface area (Å²) in [5.41, 5.74) is 9.25. The molecule has 1 aromatic carbocycles. The van der Waals surface area contributed by atoms with Crippen LogP contribution in [0.2, 0.25) is 0 Å². The molecule has 3 heteroatoms. The van der Waals surface area contributed by atoms with Gasteiger partial charge in [0.1, 0.15) is 0 Å². The van der Waals surface area contributed by atoms with Crippen LogP contribution >= 0.6 is 0 Å². The van der Waals surface area contributed by atoms with E-state index in [-0.39, 0.29) is 11.9 Å². The first-order chi connectivity index (χ1) is 8.47. The molecule has 3 nitrogen and oxygen atoms in total. The van der Waals surface area contributed by atoms with Crippen molar-refractivity contribution in [3.05, 3.63) is 28.8 Å². The molecule has 2 rings (SSSR count). The van der Waals surface area contributed by atoms with Crippen molar-refractivity contribution in [3.8, 4) is 0 Å². The van der Waals surface area contributed by atoms with Gasteiger partial charge in [-0.1, -0.05) is 18.9 Å². The molecule has 18 heavy (non-hydrogen) atoms. The number of rotatable bonds is 4. The molecule has 1 saturated carbocycles. The van der Waals surface area contributed by atoms with Crippen LogP contribution in [-0.2, 0) is 0 Å². The maximum absolute atomic E-state index is 12.2. The first kappa shape index (κ1) is 12.9. The topological polar surface area (TPSA) is 55.1 Å². The van der Waals surface area contributed by atoms with Crippen LogP contribution in [0.4, 0.5) is 5.69 Å². The number of aryl methyl sites for hydroxylation is 2. The van der Waals surface area contributed by atoms with E-state index in [1.165, 1.54) is 12.8 Å². The zero-order valence-corrected chi connectivity index (χ0v) is 11.4. The Bertz CT molecular complexity index is 464. The number of nitrogens with one attached hydrogen (secondary N) is 1. The van der Waals surface area contributed by atoms with Gasteiger partial charge < -0.3 is 11.1 Å². The normalized spacial score (nSPS) is 16.4. The lowest BCUT2D eigenvalue weighted by Crippen LogP contribution is -2.33. The minimum absolute atomic E-state index is 0.00708. The molecule has 0 aliphatic heterocycles. The van der Waals surface area contributed by atoms with Gasteiger partial charge in [-0.15, -0.1) is 0 Å².